The third kappa shape index (κ3) is 3.21. The van der Waals surface area contributed by atoms with E-state index in [0.717, 1.165) is 22.5 Å². The Labute approximate surface area is 220 Å². The summed E-state index contributed by atoms with van der Waals surface area (Å²) < 4.78 is 0. The topological polar surface area (TPSA) is 25.8 Å². The van der Waals surface area contributed by atoms with Crippen molar-refractivity contribution in [3.63, 3.8) is 0 Å². The van der Waals surface area contributed by atoms with Gasteiger partial charge in [0.1, 0.15) is 0 Å². The van der Waals surface area contributed by atoms with E-state index in [-0.39, 0.29) is 0 Å². The van der Waals surface area contributed by atoms with Crippen LogP contribution in [0.25, 0.3) is 77.4 Å². The molecule has 0 unspecified atom stereocenters. The maximum absolute atomic E-state index is 4.69. The summed E-state index contributed by atoms with van der Waals surface area (Å²) in [5.74, 6) is 0. The summed E-state index contributed by atoms with van der Waals surface area (Å²) in [6.45, 7) is 0. The maximum Gasteiger partial charge on any atom is 0.0886 e. The molecule has 7 aromatic rings. The fourth-order valence-electron chi connectivity index (χ4n) is 5.89. The van der Waals surface area contributed by atoms with Crippen molar-refractivity contribution in [3.05, 3.63) is 134 Å². The Hall–Kier alpha value is -5.08. The van der Waals surface area contributed by atoms with E-state index in [1.807, 2.05) is 30.5 Å². The first-order valence-electron chi connectivity index (χ1n) is 12.9. The average Bonchev–Trinajstić information content (AvgIpc) is 3.31. The van der Waals surface area contributed by atoms with E-state index < -0.39 is 0 Å². The maximum atomic E-state index is 4.69. The summed E-state index contributed by atoms with van der Waals surface area (Å²) in [7, 11) is 0. The van der Waals surface area contributed by atoms with Crippen molar-refractivity contribution in [3.8, 4) is 55.9 Å². The molecule has 5 aromatic carbocycles. The molecule has 0 amide bonds. The van der Waals surface area contributed by atoms with Crippen LogP contribution in [-0.4, -0.2) is 9.97 Å². The molecule has 0 atom stereocenters. The summed E-state index contributed by atoms with van der Waals surface area (Å²) in [5.41, 5.74) is 11.8. The Morgan fingerprint density at radius 1 is 0.395 bits per heavy atom. The van der Waals surface area contributed by atoms with Gasteiger partial charge >= 0.3 is 0 Å². The van der Waals surface area contributed by atoms with E-state index in [4.69, 9.17) is 4.98 Å². The molecule has 1 aliphatic carbocycles. The smallest absolute Gasteiger partial charge is 0.0886 e. The quantitative estimate of drug-likeness (QED) is 0.251. The summed E-state index contributed by atoms with van der Waals surface area (Å²) in [4.78, 5) is 9.11. The Morgan fingerprint density at radius 3 is 1.87 bits per heavy atom. The Balaban J connectivity index is 1.24. The standard InChI is InChI=1S/C36H22N2/c1-2-8-25-21-33-31-16-15-28(29-11-6-12-30(36(29)31)32(33)20-24(25)7-1)26-10-5-9-23(19-26)27-14-17-35(38-22-27)34-13-3-4-18-37-34/h1-22H. The van der Waals surface area contributed by atoms with Gasteiger partial charge in [0.05, 0.1) is 11.4 Å². The minimum absolute atomic E-state index is 0.880. The van der Waals surface area contributed by atoms with Gasteiger partial charge in [-0.2, -0.15) is 0 Å². The second kappa shape index (κ2) is 8.22. The van der Waals surface area contributed by atoms with E-state index in [0.29, 0.717) is 0 Å². The van der Waals surface area contributed by atoms with Crippen LogP contribution in [0.15, 0.2) is 134 Å². The van der Waals surface area contributed by atoms with Crippen molar-refractivity contribution in [1.82, 2.24) is 9.97 Å². The van der Waals surface area contributed by atoms with Gasteiger partial charge in [0.25, 0.3) is 0 Å². The molecule has 0 saturated heterocycles. The Kier molecular flexibility index (Phi) is 4.55. The molecular formula is C36H22N2. The molecule has 2 aromatic heterocycles. The number of fused-ring (bicyclic) bond motifs is 4. The van der Waals surface area contributed by atoms with E-state index in [9.17, 15) is 0 Å². The SMILES string of the molecule is c1ccc(-c2ccc(-c3cccc(-c4ccc5c6c(cccc46)-c4cc6ccccc6cc4-5)c3)cn2)nc1. The molecule has 0 N–H and O–H groups in total. The lowest BCUT2D eigenvalue weighted by atomic mass is 9.93. The molecule has 0 aliphatic heterocycles. The predicted molar refractivity (Wildman–Crippen MR) is 158 cm³/mol. The highest BCUT2D eigenvalue weighted by Crippen LogP contribution is 2.50. The number of aromatic nitrogens is 2. The normalized spacial score (nSPS) is 11.7. The fraction of sp³-hybridized carbons (Fsp3) is 0. The van der Waals surface area contributed by atoms with Crippen LogP contribution in [0.1, 0.15) is 0 Å². The minimum Gasteiger partial charge on any atom is -0.255 e. The van der Waals surface area contributed by atoms with Crippen molar-refractivity contribution in [1.29, 1.82) is 0 Å². The zero-order valence-corrected chi connectivity index (χ0v) is 20.6. The van der Waals surface area contributed by atoms with Gasteiger partial charge in [-0.05, 0) is 96.9 Å². The minimum atomic E-state index is 0.880. The van der Waals surface area contributed by atoms with Crippen molar-refractivity contribution < 1.29 is 0 Å². The van der Waals surface area contributed by atoms with E-state index in [1.165, 1.54) is 54.9 Å². The van der Waals surface area contributed by atoms with Gasteiger partial charge < -0.3 is 0 Å². The first kappa shape index (κ1) is 21.0. The highest BCUT2D eigenvalue weighted by molar-refractivity contribution is 6.20. The summed E-state index contributed by atoms with van der Waals surface area (Å²) in [6, 6.07) is 43.5. The van der Waals surface area contributed by atoms with Crippen LogP contribution in [0, 0.1) is 0 Å². The molecule has 0 fully saturated rings. The number of hydrogen-bond acceptors (Lipinski definition) is 2. The lowest BCUT2D eigenvalue weighted by Gasteiger charge is -2.11. The number of rotatable bonds is 3. The molecular weight excluding hydrogens is 460 g/mol. The molecule has 2 heterocycles. The fourth-order valence-corrected chi connectivity index (χ4v) is 5.89. The van der Waals surface area contributed by atoms with Crippen LogP contribution in [0.2, 0.25) is 0 Å². The van der Waals surface area contributed by atoms with Crippen molar-refractivity contribution in [2.75, 3.05) is 0 Å². The van der Waals surface area contributed by atoms with Crippen molar-refractivity contribution >= 4 is 21.5 Å². The van der Waals surface area contributed by atoms with Gasteiger partial charge in [-0.3, -0.25) is 9.97 Å². The molecule has 2 nitrogen and oxygen atoms in total. The van der Waals surface area contributed by atoms with Crippen LogP contribution in [0.4, 0.5) is 0 Å². The highest BCUT2D eigenvalue weighted by atomic mass is 14.8. The number of hydrogen-bond donors (Lipinski definition) is 0. The zero-order valence-electron chi connectivity index (χ0n) is 20.6. The van der Waals surface area contributed by atoms with Gasteiger partial charge in [0.2, 0.25) is 0 Å². The molecule has 0 radical (unpaired) electrons. The first-order chi connectivity index (χ1) is 18.8. The molecule has 1 aliphatic rings. The van der Waals surface area contributed by atoms with Gasteiger partial charge in [-0.1, -0.05) is 84.9 Å². The molecule has 38 heavy (non-hydrogen) atoms. The monoisotopic (exact) mass is 482 g/mol. The van der Waals surface area contributed by atoms with Crippen LogP contribution >= 0.6 is 0 Å². The van der Waals surface area contributed by atoms with Crippen molar-refractivity contribution in [2.24, 2.45) is 0 Å². The van der Waals surface area contributed by atoms with Crippen LogP contribution in [0.5, 0.6) is 0 Å². The third-order valence-electron chi connectivity index (χ3n) is 7.70. The largest absolute Gasteiger partial charge is 0.255 e. The lowest BCUT2D eigenvalue weighted by Crippen LogP contribution is -1.88. The van der Waals surface area contributed by atoms with Crippen LogP contribution in [-0.2, 0) is 0 Å². The number of nitrogens with zero attached hydrogens (tertiary/aromatic N) is 2. The summed E-state index contributed by atoms with van der Waals surface area (Å²) in [5, 5.41) is 5.21. The number of pyridine rings is 2. The molecule has 0 saturated carbocycles. The molecule has 176 valence electrons. The predicted octanol–water partition coefficient (Wildman–Crippen LogP) is 9.43. The van der Waals surface area contributed by atoms with E-state index in [1.54, 1.807) is 6.20 Å². The van der Waals surface area contributed by atoms with Crippen LogP contribution < -0.4 is 0 Å². The number of benzene rings is 5. The summed E-state index contributed by atoms with van der Waals surface area (Å²) >= 11 is 0. The third-order valence-corrected chi connectivity index (χ3v) is 7.70. The van der Waals surface area contributed by atoms with Crippen molar-refractivity contribution in [2.45, 2.75) is 0 Å². The second-order valence-corrected chi connectivity index (χ2v) is 9.86. The molecule has 0 spiro atoms. The Bertz CT molecular complexity index is 1960. The van der Waals surface area contributed by atoms with E-state index >= 15 is 0 Å². The first-order valence-corrected chi connectivity index (χ1v) is 12.9. The Morgan fingerprint density at radius 2 is 1.11 bits per heavy atom. The average molecular weight is 483 g/mol. The highest BCUT2D eigenvalue weighted by Gasteiger charge is 2.23. The van der Waals surface area contributed by atoms with Gasteiger partial charge in [-0.25, -0.2) is 0 Å². The summed E-state index contributed by atoms with van der Waals surface area (Å²) in [6.07, 6.45) is 3.74. The molecule has 2 heteroatoms. The van der Waals surface area contributed by atoms with E-state index in [2.05, 4.69) is 102 Å². The molecule has 8 rings (SSSR count). The zero-order chi connectivity index (χ0) is 25.1. The van der Waals surface area contributed by atoms with Gasteiger partial charge in [0.15, 0.2) is 0 Å². The van der Waals surface area contributed by atoms with Crippen LogP contribution in [0.3, 0.4) is 0 Å². The lowest BCUT2D eigenvalue weighted by molar-refractivity contribution is 1.25. The molecule has 0 bridgehead atoms. The van der Waals surface area contributed by atoms with Gasteiger partial charge in [0, 0.05) is 18.0 Å². The van der Waals surface area contributed by atoms with Gasteiger partial charge in [-0.15, -0.1) is 0 Å². The second-order valence-electron chi connectivity index (χ2n) is 9.86.